The van der Waals surface area contributed by atoms with E-state index in [9.17, 15) is 4.79 Å². The van der Waals surface area contributed by atoms with Crippen molar-refractivity contribution in [2.45, 2.75) is 0 Å². The van der Waals surface area contributed by atoms with Crippen LogP contribution in [0.4, 0.5) is 4.79 Å². The summed E-state index contributed by atoms with van der Waals surface area (Å²) >= 11 is 0. The molecule has 1 rings (SSSR count). The van der Waals surface area contributed by atoms with E-state index >= 15 is 0 Å². The lowest BCUT2D eigenvalue weighted by Gasteiger charge is -1.95. The molecule has 5 heteroatoms. The fraction of sp³-hybridized carbons (Fsp3) is 0.500. The molecular weight excluding hydrogens is 126 g/mol. The fourth-order valence-corrected chi connectivity index (χ4v) is 0.452. The summed E-state index contributed by atoms with van der Waals surface area (Å²) in [5.41, 5.74) is 0. The Morgan fingerprint density at radius 2 is 2.67 bits per heavy atom. The van der Waals surface area contributed by atoms with Gasteiger partial charge in [-0.25, -0.2) is 9.79 Å². The quantitative estimate of drug-likeness (QED) is 0.472. The first-order valence-corrected chi connectivity index (χ1v) is 2.37. The predicted octanol–water partition coefficient (Wildman–Crippen LogP) is 0.0672. The summed E-state index contributed by atoms with van der Waals surface area (Å²) in [4.78, 5) is 13.3. The van der Waals surface area contributed by atoms with Gasteiger partial charge in [0.1, 0.15) is 6.61 Å². The van der Waals surface area contributed by atoms with E-state index in [-0.39, 0.29) is 6.08 Å². The highest BCUT2D eigenvalue weighted by molar-refractivity contribution is 5.79. The summed E-state index contributed by atoms with van der Waals surface area (Å²) in [7, 11) is 0. The second-order valence-electron chi connectivity index (χ2n) is 1.36. The van der Waals surface area contributed by atoms with Gasteiger partial charge >= 0.3 is 12.2 Å². The molecule has 0 fully saturated rings. The Morgan fingerprint density at radius 3 is 3.11 bits per heavy atom. The molecule has 0 aromatic heterocycles. The summed E-state index contributed by atoms with van der Waals surface area (Å²) in [5, 5.41) is 7.99. The van der Waals surface area contributed by atoms with E-state index in [1.54, 1.807) is 0 Å². The lowest BCUT2D eigenvalue weighted by Crippen LogP contribution is -2.09. The lowest BCUT2D eigenvalue weighted by atomic mass is 10.8. The van der Waals surface area contributed by atoms with Crippen LogP contribution in [0.1, 0.15) is 0 Å². The van der Waals surface area contributed by atoms with Gasteiger partial charge in [-0.1, -0.05) is 0 Å². The van der Waals surface area contributed by atoms with Gasteiger partial charge in [-0.15, -0.1) is 0 Å². The van der Waals surface area contributed by atoms with E-state index in [0.29, 0.717) is 13.2 Å². The third-order valence-corrected chi connectivity index (χ3v) is 0.732. The van der Waals surface area contributed by atoms with Gasteiger partial charge in [-0.05, 0) is 0 Å². The summed E-state index contributed by atoms with van der Waals surface area (Å²) < 4.78 is 8.67. The minimum absolute atomic E-state index is 0.150. The molecule has 9 heavy (non-hydrogen) atoms. The third-order valence-electron chi connectivity index (χ3n) is 0.732. The minimum Gasteiger partial charge on any atom is -0.449 e. The van der Waals surface area contributed by atoms with Crippen molar-refractivity contribution >= 4 is 12.2 Å². The Hall–Kier alpha value is -1.26. The van der Waals surface area contributed by atoms with E-state index < -0.39 is 6.16 Å². The van der Waals surface area contributed by atoms with Crippen molar-refractivity contribution in [2.24, 2.45) is 4.99 Å². The maximum Gasteiger partial charge on any atom is 0.514 e. The van der Waals surface area contributed by atoms with Gasteiger partial charge in [0, 0.05) is 0 Å². The first-order chi connectivity index (χ1) is 4.29. The van der Waals surface area contributed by atoms with E-state index in [0.717, 1.165) is 0 Å². The maximum absolute atomic E-state index is 9.77. The van der Waals surface area contributed by atoms with Crippen molar-refractivity contribution in [2.75, 3.05) is 13.2 Å². The van der Waals surface area contributed by atoms with Crippen LogP contribution in [0, 0.1) is 0 Å². The standard InChI is InChI=1S/C4H5NO4/c6-4(7)9-3-5-1-2-8-3/h1-2H2,(H,6,7). The van der Waals surface area contributed by atoms with E-state index in [2.05, 4.69) is 14.5 Å². The van der Waals surface area contributed by atoms with Crippen LogP contribution in [0.25, 0.3) is 0 Å². The number of hydrogen-bond donors (Lipinski definition) is 1. The SMILES string of the molecule is O=C(O)OC1=NCCO1. The van der Waals surface area contributed by atoms with Gasteiger partial charge in [0.2, 0.25) is 0 Å². The average molecular weight is 131 g/mol. The van der Waals surface area contributed by atoms with E-state index in [1.807, 2.05) is 0 Å². The van der Waals surface area contributed by atoms with Crippen molar-refractivity contribution in [3.8, 4) is 0 Å². The van der Waals surface area contributed by atoms with Crippen molar-refractivity contribution in [1.29, 1.82) is 0 Å². The van der Waals surface area contributed by atoms with Crippen LogP contribution in [-0.2, 0) is 9.47 Å². The van der Waals surface area contributed by atoms with Gasteiger partial charge in [-0.2, -0.15) is 0 Å². The molecule has 0 radical (unpaired) electrons. The van der Waals surface area contributed by atoms with Gasteiger partial charge in [0.15, 0.2) is 0 Å². The number of rotatable bonds is 0. The van der Waals surface area contributed by atoms with Crippen LogP contribution in [0.3, 0.4) is 0 Å². The average Bonchev–Trinajstić information content (AvgIpc) is 2.15. The van der Waals surface area contributed by atoms with Crippen LogP contribution in [0.2, 0.25) is 0 Å². The number of nitrogens with zero attached hydrogens (tertiary/aromatic N) is 1. The zero-order valence-corrected chi connectivity index (χ0v) is 4.53. The van der Waals surface area contributed by atoms with Gasteiger partial charge in [-0.3, -0.25) is 0 Å². The Bertz CT molecular complexity index is 153. The molecular formula is C4H5NO4. The second kappa shape index (κ2) is 2.34. The zero-order valence-electron chi connectivity index (χ0n) is 4.53. The fourth-order valence-electron chi connectivity index (χ4n) is 0.452. The van der Waals surface area contributed by atoms with Gasteiger partial charge < -0.3 is 14.6 Å². The van der Waals surface area contributed by atoms with Crippen molar-refractivity contribution in [3.63, 3.8) is 0 Å². The molecule has 1 aliphatic heterocycles. The third kappa shape index (κ3) is 1.60. The number of hydrogen-bond acceptors (Lipinski definition) is 4. The van der Waals surface area contributed by atoms with Crippen molar-refractivity contribution in [3.05, 3.63) is 0 Å². The van der Waals surface area contributed by atoms with Crippen LogP contribution in [-0.4, -0.2) is 30.5 Å². The molecule has 1 heterocycles. The molecule has 0 saturated heterocycles. The van der Waals surface area contributed by atoms with Crippen molar-refractivity contribution < 1.29 is 19.4 Å². The number of carbonyl (C=O) groups is 1. The number of ether oxygens (including phenoxy) is 2. The highest BCUT2D eigenvalue weighted by Gasteiger charge is 2.11. The summed E-state index contributed by atoms with van der Waals surface area (Å²) in [5.74, 6) is 0. The zero-order chi connectivity index (χ0) is 6.69. The summed E-state index contributed by atoms with van der Waals surface area (Å²) in [6.07, 6.45) is -1.54. The number of aliphatic imine (C=N–C) groups is 1. The maximum atomic E-state index is 9.77. The smallest absolute Gasteiger partial charge is 0.449 e. The van der Waals surface area contributed by atoms with E-state index in [1.165, 1.54) is 0 Å². The van der Waals surface area contributed by atoms with E-state index in [4.69, 9.17) is 5.11 Å². The molecule has 0 unspecified atom stereocenters. The molecule has 0 amide bonds. The molecule has 0 spiro atoms. The monoisotopic (exact) mass is 131 g/mol. The van der Waals surface area contributed by atoms with Gasteiger partial charge in [0.05, 0.1) is 6.54 Å². The minimum atomic E-state index is -1.39. The Kier molecular flexibility index (Phi) is 1.53. The second-order valence-corrected chi connectivity index (χ2v) is 1.36. The highest BCUT2D eigenvalue weighted by Crippen LogP contribution is 1.94. The molecule has 0 atom stereocenters. The van der Waals surface area contributed by atoms with Gasteiger partial charge in [0.25, 0.3) is 0 Å². The normalized spacial score (nSPS) is 16.2. The van der Waals surface area contributed by atoms with Crippen LogP contribution in [0.5, 0.6) is 0 Å². The largest absolute Gasteiger partial charge is 0.514 e. The summed E-state index contributed by atoms with van der Waals surface area (Å²) in [6, 6.07) is 0. The highest BCUT2D eigenvalue weighted by atomic mass is 16.8. The molecule has 1 aliphatic rings. The molecule has 50 valence electrons. The summed E-state index contributed by atoms with van der Waals surface area (Å²) in [6.45, 7) is 0.880. The number of carboxylic acid groups (broad SMARTS) is 1. The predicted molar refractivity (Wildman–Crippen MR) is 27.4 cm³/mol. The molecule has 0 aliphatic carbocycles. The van der Waals surface area contributed by atoms with Crippen LogP contribution in [0.15, 0.2) is 4.99 Å². The molecule has 0 bridgehead atoms. The van der Waals surface area contributed by atoms with Crippen LogP contribution >= 0.6 is 0 Å². The molecule has 0 saturated carbocycles. The van der Waals surface area contributed by atoms with Crippen molar-refractivity contribution in [1.82, 2.24) is 0 Å². The topological polar surface area (TPSA) is 68.1 Å². The Morgan fingerprint density at radius 1 is 1.89 bits per heavy atom. The first kappa shape index (κ1) is 5.87. The molecule has 0 aromatic carbocycles. The molecule has 0 aromatic rings. The first-order valence-electron chi connectivity index (χ1n) is 2.37. The Labute approximate surface area is 50.9 Å². The Balaban J connectivity index is 2.35. The molecule has 1 N–H and O–H groups in total. The van der Waals surface area contributed by atoms with Crippen LogP contribution < -0.4 is 0 Å². The molecule has 5 nitrogen and oxygen atoms in total. The lowest BCUT2D eigenvalue weighted by molar-refractivity contribution is 0.121.